The smallest absolute Gasteiger partial charge is 0.254 e. The molecule has 1 aromatic carbocycles. The first-order valence-corrected chi connectivity index (χ1v) is 9.34. The van der Waals surface area contributed by atoms with Gasteiger partial charge in [-0.1, -0.05) is 30.8 Å². The fourth-order valence-electron chi connectivity index (χ4n) is 2.70. The quantitative estimate of drug-likeness (QED) is 0.523. The molecule has 0 saturated heterocycles. The van der Waals surface area contributed by atoms with E-state index < -0.39 is 0 Å². The van der Waals surface area contributed by atoms with Crippen molar-refractivity contribution < 1.29 is 9.15 Å². The van der Waals surface area contributed by atoms with Crippen LogP contribution in [0, 0.1) is 13.8 Å². The summed E-state index contributed by atoms with van der Waals surface area (Å²) >= 11 is 1.43. The van der Waals surface area contributed by atoms with Crippen molar-refractivity contribution in [3.05, 3.63) is 57.3 Å². The van der Waals surface area contributed by atoms with Crippen LogP contribution in [0.2, 0.25) is 0 Å². The molecule has 1 N–H and O–H groups in total. The van der Waals surface area contributed by atoms with Crippen molar-refractivity contribution in [2.75, 3.05) is 7.11 Å². The van der Waals surface area contributed by atoms with Gasteiger partial charge in [-0.2, -0.15) is 0 Å². The van der Waals surface area contributed by atoms with E-state index in [-0.39, 0.29) is 5.56 Å². The van der Waals surface area contributed by atoms with E-state index >= 15 is 0 Å². The number of para-hydroxylation sites is 1. The number of ether oxygens (including phenoxy) is 1. The van der Waals surface area contributed by atoms with Crippen LogP contribution >= 0.6 is 11.8 Å². The van der Waals surface area contributed by atoms with Gasteiger partial charge in [0.25, 0.3) is 5.56 Å². The van der Waals surface area contributed by atoms with Crippen LogP contribution in [0.15, 0.2) is 38.6 Å². The van der Waals surface area contributed by atoms with E-state index in [4.69, 9.17) is 9.15 Å². The van der Waals surface area contributed by atoms with Crippen LogP contribution in [0.25, 0.3) is 11.5 Å². The van der Waals surface area contributed by atoms with Crippen molar-refractivity contribution in [1.29, 1.82) is 0 Å². The largest absolute Gasteiger partial charge is 0.496 e. The zero-order valence-corrected chi connectivity index (χ0v) is 16.1. The van der Waals surface area contributed by atoms with E-state index in [1.54, 1.807) is 7.11 Å². The van der Waals surface area contributed by atoms with Crippen LogP contribution in [0.5, 0.6) is 5.75 Å². The molecule has 26 heavy (non-hydrogen) atoms. The molecule has 3 aromatic rings. The maximum atomic E-state index is 12.1. The van der Waals surface area contributed by atoms with Crippen LogP contribution in [0.3, 0.4) is 0 Å². The topological polar surface area (TPSA) is 81.0 Å². The molecule has 0 fully saturated rings. The van der Waals surface area contributed by atoms with Gasteiger partial charge in [-0.15, -0.1) is 0 Å². The number of thioether (sulfide) groups is 1. The summed E-state index contributed by atoms with van der Waals surface area (Å²) in [5, 5.41) is 0.589. The zero-order valence-electron chi connectivity index (χ0n) is 15.3. The number of nitrogens with one attached hydrogen (secondary N) is 1. The van der Waals surface area contributed by atoms with Crippen molar-refractivity contribution in [1.82, 2.24) is 15.0 Å². The highest BCUT2D eigenvalue weighted by molar-refractivity contribution is 7.98. The number of aromatic amines is 1. The third kappa shape index (κ3) is 3.67. The summed E-state index contributed by atoms with van der Waals surface area (Å²) in [6, 6.07) is 7.60. The molecule has 0 bridgehead atoms. The lowest BCUT2D eigenvalue weighted by Gasteiger charge is -2.04. The predicted molar refractivity (Wildman–Crippen MR) is 102 cm³/mol. The molecule has 0 aliphatic rings. The van der Waals surface area contributed by atoms with Gasteiger partial charge in [0.1, 0.15) is 11.5 Å². The Morgan fingerprint density at radius 2 is 2.00 bits per heavy atom. The van der Waals surface area contributed by atoms with Crippen LogP contribution in [0.1, 0.15) is 29.6 Å². The van der Waals surface area contributed by atoms with Gasteiger partial charge in [0.15, 0.2) is 5.16 Å². The van der Waals surface area contributed by atoms with E-state index in [9.17, 15) is 4.79 Å². The fraction of sp³-hybridized carbons (Fsp3) is 0.316. The Morgan fingerprint density at radius 1 is 1.23 bits per heavy atom. The molecule has 7 heteroatoms. The Labute approximate surface area is 156 Å². The second kappa shape index (κ2) is 7.78. The van der Waals surface area contributed by atoms with Crippen molar-refractivity contribution in [3.63, 3.8) is 0 Å². The molecular weight excluding hydrogens is 350 g/mol. The molecule has 0 spiro atoms. The van der Waals surface area contributed by atoms with Gasteiger partial charge in [-0.3, -0.25) is 4.79 Å². The van der Waals surface area contributed by atoms with E-state index in [0.29, 0.717) is 29.0 Å². The number of hydrogen-bond acceptors (Lipinski definition) is 6. The van der Waals surface area contributed by atoms with Crippen molar-refractivity contribution in [2.24, 2.45) is 0 Å². The van der Waals surface area contributed by atoms with E-state index in [1.165, 1.54) is 11.8 Å². The number of nitrogens with zero attached hydrogens (tertiary/aromatic N) is 2. The summed E-state index contributed by atoms with van der Waals surface area (Å²) in [7, 11) is 1.62. The SMILES string of the molecule is CCc1c(C)nc(SCc2nc(-c3ccccc3OC)oc2C)[nH]c1=O. The third-order valence-electron chi connectivity index (χ3n) is 4.13. The van der Waals surface area contributed by atoms with E-state index in [1.807, 2.05) is 45.0 Å². The molecule has 0 amide bonds. The Bertz CT molecular complexity index is 978. The highest BCUT2D eigenvalue weighted by Crippen LogP contribution is 2.31. The van der Waals surface area contributed by atoms with Gasteiger partial charge in [0.2, 0.25) is 5.89 Å². The molecule has 0 atom stereocenters. The number of methoxy groups -OCH3 is 1. The van der Waals surface area contributed by atoms with Gasteiger partial charge >= 0.3 is 0 Å². The first-order valence-electron chi connectivity index (χ1n) is 8.35. The van der Waals surface area contributed by atoms with Crippen molar-refractivity contribution in [3.8, 4) is 17.2 Å². The third-order valence-corrected chi connectivity index (χ3v) is 5.01. The summed E-state index contributed by atoms with van der Waals surface area (Å²) in [5.41, 5.74) is 3.05. The lowest BCUT2D eigenvalue weighted by atomic mass is 10.2. The average Bonchev–Trinajstić information content (AvgIpc) is 3.00. The molecule has 2 heterocycles. The number of H-pyrrole nitrogens is 1. The fourth-order valence-corrected chi connectivity index (χ4v) is 3.61. The molecule has 0 radical (unpaired) electrons. The Kier molecular flexibility index (Phi) is 5.46. The Balaban J connectivity index is 1.82. The number of oxazole rings is 1. The molecule has 136 valence electrons. The highest BCUT2D eigenvalue weighted by Gasteiger charge is 2.16. The molecule has 0 aliphatic carbocycles. The second-order valence-electron chi connectivity index (χ2n) is 5.80. The second-order valence-corrected chi connectivity index (χ2v) is 6.76. The van der Waals surface area contributed by atoms with Crippen molar-refractivity contribution >= 4 is 11.8 Å². The van der Waals surface area contributed by atoms with Gasteiger partial charge in [0, 0.05) is 17.0 Å². The first kappa shape index (κ1) is 18.3. The normalized spacial score (nSPS) is 10.9. The molecule has 6 nitrogen and oxygen atoms in total. The van der Waals surface area contributed by atoms with Crippen LogP contribution in [-0.4, -0.2) is 22.1 Å². The summed E-state index contributed by atoms with van der Waals surface area (Å²) in [6.07, 6.45) is 0.670. The van der Waals surface area contributed by atoms with Crippen LogP contribution < -0.4 is 10.3 Å². The highest BCUT2D eigenvalue weighted by atomic mass is 32.2. The molecular formula is C19H21N3O3S. The van der Waals surface area contributed by atoms with E-state index in [0.717, 1.165) is 28.3 Å². The number of benzene rings is 1. The van der Waals surface area contributed by atoms with Gasteiger partial charge < -0.3 is 14.1 Å². The number of aromatic nitrogens is 3. The molecule has 0 aliphatic heterocycles. The van der Waals surface area contributed by atoms with Gasteiger partial charge in [-0.05, 0) is 32.4 Å². The maximum Gasteiger partial charge on any atom is 0.254 e. The predicted octanol–water partition coefficient (Wildman–Crippen LogP) is 3.91. The molecule has 0 unspecified atom stereocenters. The molecule has 3 rings (SSSR count). The first-order chi connectivity index (χ1) is 12.5. The maximum absolute atomic E-state index is 12.1. The summed E-state index contributed by atoms with van der Waals surface area (Å²) in [5.74, 6) is 2.53. The lowest BCUT2D eigenvalue weighted by molar-refractivity contribution is 0.414. The standard InChI is InChI=1S/C19H21N3O3S/c1-5-13-11(2)20-19(22-17(13)23)26-10-15-12(3)25-18(21-15)14-8-6-7-9-16(14)24-4/h6-9H,5,10H2,1-4H3,(H,20,22,23). The summed E-state index contributed by atoms with van der Waals surface area (Å²) in [4.78, 5) is 24.0. The Hall–Kier alpha value is -2.54. The number of aryl methyl sites for hydroxylation is 2. The molecule has 2 aromatic heterocycles. The number of hydrogen-bond donors (Lipinski definition) is 1. The van der Waals surface area contributed by atoms with E-state index in [2.05, 4.69) is 15.0 Å². The van der Waals surface area contributed by atoms with Crippen LogP contribution in [0.4, 0.5) is 0 Å². The summed E-state index contributed by atoms with van der Waals surface area (Å²) < 4.78 is 11.2. The number of rotatable bonds is 6. The zero-order chi connectivity index (χ0) is 18.7. The minimum absolute atomic E-state index is 0.0749. The summed E-state index contributed by atoms with van der Waals surface area (Å²) in [6.45, 7) is 5.69. The van der Waals surface area contributed by atoms with Crippen molar-refractivity contribution in [2.45, 2.75) is 38.1 Å². The monoisotopic (exact) mass is 371 g/mol. The lowest BCUT2D eigenvalue weighted by Crippen LogP contribution is -2.16. The van der Waals surface area contributed by atoms with Crippen LogP contribution in [-0.2, 0) is 12.2 Å². The van der Waals surface area contributed by atoms with Gasteiger partial charge in [0.05, 0.1) is 18.4 Å². The molecule has 0 saturated carbocycles. The van der Waals surface area contributed by atoms with Gasteiger partial charge in [-0.25, -0.2) is 9.97 Å². The Morgan fingerprint density at radius 3 is 2.69 bits per heavy atom. The minimum Gasteiger partial charge on any atom is -0.496 e. The minimum atomic E-state index is -0.0749. The average molecular weight is 371 g/mol.